The van der Waals surface area contributed by atoms with Gasteiger partial charge in [0.25, 0.3) is 0 Å². The number of nitrogens with zero attached hydrogens (tertiary/aromatic N) is 4. The average molecular weight is 345 g/mol. The van der Waals surface area contributed by atoms with Crippen LogP contribution in [0.25, 0.3) is 15.5 Å². The zero-order valence-corrected chi connectivity index (χ0v) is 12.5. The monoisotopic (exact) mass is 344 g/mol. The standard InChI is InChI=1S/C13H8ClF3N4S/c14-9-4-3-7(13(15,16)17)5-8(9)11-20-21-10(6-1-2-6)18-19-12(21)22-11/h3-6H,1-2H2. The summed E-state index contributed by atoms with van der Waals surface area (Å²) in [4.78, 5) is 0.561. The number of rotatable bonds is 2. The van der Waals surface area contributed by atoms with Gasteiger partial charge in [0.1, 0.15) is 5.01 Å². The summed E-state index contributed by atoms with van der Waals surface area (Å²) < 4.78 is 40.2. The zero-order chi connectivity index (χ0) is 15.5. The molecule has 0 radical (unpaired) electrons. The predicted molar refractivity (Wildman–Crippen MR) is 76.1 cm³/mol. The molecular formula is C13H8ClF3N4S. The van der Waals surface area contributed by atoms with Gasteiger partial charge in [0.05, 0.1) is 10.6 Å². The van der Waals surface area contributed by atoms with Crippen LogP contribution in [-0.2, 0) is 6.18 Å². The predicted octanol–water partition coefficient (Wildman–Crippen LogP) is 4.40. The van der Waals surface area contributed by atoms with Crippen LogP contribution in [0.15, 0.2) is 18.2 Å². The maximum absolute atomic E-state index is 12.9. The lowest BCUT2D eigenvalue weighted by atomic mass is 10.1. The number of hydrogen-bond acceptors (Lipinski definition) is 4. The minimum atomic E-state index is -4.42. The fourth-order valence-corrected chi connectivity index (χ4v) is 3.34. The third kappa shape index (κ3) is 2.26. The lowest BCUT2D eigenvalue weighted by molar-refractivity contribution is -0.137. The summed E-state index contributed by atoms with van der Waals surface area (Å²) in [6.45, 7) is 0. The van der Waals surface area contributed by atoms with Gasteiger partial charge in [-0.2, -0.15) is 22.8 Å². The van der Waals surface area contributed by atoms with Crippen molar-refractivity contribution in [2.45, 2.75) is 24.9 Å². The summed E-state index contributed by atoms with van der Waals surface area (Å²) in [5.41, 5.74) is -0.492. The molecule has 0 aliphatic heterocycles. The van der Waals surface area contributed by atoms with Crippen LogP contribution >= 0.6 is 22.9 Å². The summed E-state index contributed by atoms with van der Waals surface area (Å²) >= 11 is 7.22. The molecule has 0 unspecified atom stereocenters. The smallest absolute Gasteiger partial charge is 0.187 e. The molecule has 0 N–H and O–H groups in total. The van der Waals surface area contributed by atoms with E-state index in [-0.39, 0.29) is 10.6 Å². The molecule has 1 aromatic carbocycles. The molecule has 0 spiro atoms. The average Bonchev–Trinajstić information content (AvgIpc) is 3.07. The van der Waals surface area contributed by atoms with E-state index in [2.05, 4.69) is 15.3 Å². The van der Waals surface area contributed by atoms with Crippen molar-refractivity contribution in [3.8, 4) is 10.6 Å². The van der Waals surface area contributed by atoms with Crippen molar-refractivity contribution in [3.05, 3.63) is 34.6 Å². The van der Waals surface area contributed by atoms with Crippen LogP contribution in [0, 0.1) is 0 Å². The van der Waals surface area contributed by atoms with Crippen molar-refractivity contribution < 1.29 is 13.2 Å². The van der Waals surface area contributed by atoms with Gasteiger partial charge in [-0.15, -0.1) is 10.2 Å². The lowest BCUT2D eigenvalue weighted by Crippen LogP contribution is -2.04. The van der Waals surface area contributed by atoms with Gasteiger partial charge in [-0.25, -0.2) is 0 Å². The van der Waals surface area contributed by atoms with Crippen molar-refractivity contribution in [3.63, 3.8) is 0 Å². The van der Waals surface area contributed by atoms with Crippen molar-refractivity contribution in [2.24, 2.45) is 0 Å². The fourth-order valence-electron chi connectivity index (χ4n) is 2.20. The van der Waals surface area contributed by atoms with E-state index in [4.69, 9.17) is 11.6 Å². The first-order valence-electron chi connectivity index (χ1n) is 6.53. The Morgan fingerprint density at radius 1 is 1.23 bits per heavy atom. The SMILES string of the molecule is FC(F)(F)c1ccc(Cl)c(-c2nn3c(C4CC4)nnc3s2)c1. The van der Waals surface area contributed by atoms with E-state index < -0.39 is 11.7 Å². The van der Waals surface area contributed by atoms with Crippen LogP contribution in [0.3, 0.4) is 0 Å². The zero-order valence-electron chi connectivity index (χ0n) is 10.9. The van der Waals surface area contributed by atoms with Gasteiger partial charge in [-0.3, -0.25) is 0 Å². The molecule has 2 aromatic heterocycles. The maximum atomic E-state index is 12.9. The normalized spacial score (nSPS) is 15.6. The van der Waals surface area contributed by atoms with Gasteiger partial charge in [0.2, 0.25) is 4.96 Å². The highest BCUT2D eigenvalue weighted by Gasteiger charge is 2.32. The van der Waals surface area contributed by atoms with Crippen molar-refractivity contribution in [1.29, 1.82) is 0 Å². The third-order valence-corrected chi connectivity index (χ3v) is 4.74. The molecule has 4 nitrogen and oxygen atoms in total. The maximum Gasteiger partial charge on any atom is 0.416 e. The summed E-state index contributed by atoms with van der Waals surface area (Å²) in [5.74, 6) is 1.11. The van der Waals surface area contributed by atoms with Gasteiger partial charge in [0, 0.05) is 11.5 Å². The second-order valence-electron chi connectivity index (χ2n) is 5.13. The van der Waals surface area contributed by atoms with Gasteiger partial charge in [-0.1, -0.05) is 22.9 Å². The summed E-state index contributed by atoms with van der Waals surface area (Å²) in [7, 11) is 0. The number of benzene rings is 1. The van der Waals surface area contributed by atoms with Crippen LogP contribution in [-0.4, -0.2) is 19.8 Å². The molecule has 4 rings (SSSR count). The molecule has 0 bridgehead atoms. The summed E-state index contributed by atoms with van der Waals surface area (Å²) in [6, 6.07) is 3.22. The van der Waals surface area contributed by atoms with E-state index in [1.54, 1.807) is 4.52 Å². The van der Waals surface area contributed by atoms with Crippen LogP contribution in [0.5, 0.6) is 0 Å². The molecule has 0 atom stereocenters. The Kier molecular flexibility index (Phi) is 2.96. The summed E-state index contributed by atoms with van der Waals surface area (Å²) in [6.07, 6.45) is -2.34. The van der Waals surface area contributed by atoms with Crippen molar-refractivity contribution >= 4 is 27.9 Å². The fraction of sp³-hybridized carbons (Fsp3) is 0.308. The Morgan fingerprint density at radius 3 is 2.68 bits per heavy atom. The van der Waals surface area contributed by atoms with E-state index >= 15 is 0 Å². The van der Waals surface area contributed by atoms with Crippen molar-refractivity contribution in [1.82, 2.24) is 19.8 Å². The second kappa shape index (κ2) is 4.66. The molecule has 0 amide bonds. The quantitative estimate of drug-likeness (QED) is 0.692. The molecule has 1 aliphatic carbocycles. The number of alkyl halides is 3. The van der Waals surface area contributed by atoms with Crippen LogP contribution in [0.2, 0.25) is 5.02 Å². The molecule has 2 heterocycles. The minimum absolute atomic E-state index is 0.228. The molecule has 9 heteroatoms. The number of fused-ring (bicyclic) bond motifs is 1. The Balaban J connectivity index is 1.84. The lowest BCUT2D eigenvalue weighted by Gasteiger charge is -2.08. The first kappa shape index (κ1) is 14.0. The Hall–Kier alpha value is -1.67. The van der Waals surface area contributed by atoms with E-state index in [0.717, 1.165) is 30.8 Å². The number of hydrogen-bond donors (Lipinski definition) is 0. The van der Waals surface area contributed by atoms with Gasteiger partial charge in [0.15, 0.2) is 5.82 Å². The molecule has 114 valence electrons. The third-order valence-electron chi connectivity index (χ3n) is 3.48. The van der Waals surface area contributed by atoms with Gasteiger partial charge in [-0.05, 0) is 31.0 Å². The topological polar surface area (TPSA) is 43.1 Å². The van der Waals surface area contributed by atoms with E-state index in [0.29, 0.717) is 15.9 Å². The van der Waals surface area contributed by atoms with Crippen LogP contribution in [0.1, 0.15) is 30.1 Å². The highest BCUT2D eigenvalue weighted by molar-refractivity contribution is 7.19. The van der Waals surface area contributed by atoms with E-state index in [1.807, 2.05) is 0 Å². The number of halogens is 4. The van der Waals surface area contributed by atoms with Gasteiger partial charge >= 0.3 is 6.18 Å². The Labute approximate surface area is 131 Å². The summed E-state index contributed by atoms with van der Waals surface area (Å²) in [5, 5.41) is 13.1. The minimum Gasteiger partial charge on any atom is -0.187 e. The first-order chi connectivity index (χ1) is 10.4. The highest BCUT2D eigenvalue weighted by Crippen LogP contribution is 2.41. The van der Waals surface area contributed by atoms with Gasteiger partial charge < -0.3 is 0 Å². The molecule has 3 aromatic rings. The first-order valence-corrected chi connectivity index (χ1v) is 7.72. The van der Waals surface area contributed by atoms with Crippen LogP contribution in [0.4, 0.5) is 13.2 Å². The highest BCUT2D eigenvalue weighted by atomic mass is 35.5. The van der Waals surface area contributed by atoms with E-state index in [9.17, 15) is 13.2 Å². The van der Waals surface area contributed by atoms with E-state index in [1.165, 1.54) is 17.4 Å². The molecule has 1 fully saturated rings. The second-order valence-corrected chi connectivity index (χ2v) is 6.49. The Morgan fingerprint density at radius 2 is 2.00 bits per heavy atom. The number of aromatic nitrogens is 4. The van der Waals surface area contributed by atoms with Crippen molar-refractivity contribution in [2.75, 3.05) is 0 Å². The van der Waals surface area contributed by atoms with Crippen LogP contribution < -0.4 is 0 Å². The molecule has 1 saturated carbocycles. The molecular weight excluding hydrogens is 337 g/mol. The molecule has 1 aliphatic rings. The largest absolute Gasteiger partial charge is 0.416 e. The Bertz CT molecular complexity index is 866. The molecule has 0 saturated heterocycles. The molecule has 22 heavy (non-hydrogen) atoms.